The van der Waals surface area contributed by atoms with Gasteiger partial charge in [-0.1, -0.05) is 31.2 Å². The first-order valence-electron chi connectivity index (χ1n) is 13.4. The first-order chi connectivity index (χ1) is 18.2. The summed E-state index contributed by atoms with van der Waals surface area (Å²) < 4.78 is 17.7. The largest absolute Gasteiger partial charge is 0.494 e. The van der Waals surface area contributed by atoms with Crippen LogP contribution >= 0.6 is 0 Å². The van der Waals surface area contributed by atoms with Crippen molar-refractivity contribution in [1.29, 1.82) is 0 Å². The summed E-state index contributed by atoms with van der Waals surface area (Å²) in [6, 6.07) is 15.3. The fourth-order valence-electron chi connectivity index (χ4n) is 4.95. The van der Waals surface area contributed by atoms with E-state index < -0.39 is 17.2 Å². The molecule has 2 atom stereocenters. The van der Waals surface area contributed by atoms with Crippen LogP contribution in [0.15, 0.2) is 53.5 Å². The number of hydrogen-bond donors (Lipinski definition) is 1. The summed E-state index contributed by atoms with van der Waals surface area (Å²) in [5.41, 5.74) is 0.736. The number of benzene rings is 2. The minimum absolute atomic E-state index is 0.0411. The molecule has 2 aromatic rings. The molecule has 0 bridgehead atoms. The van der Waals surface area contributed by atoms with Gasteiger partial charge in [0.1, 0.15) is 11.4 Å². The van der Waals surface area contributed by atoms with Crippen LogP contribution in [0.25, 0.3) is 0 Å². The van der Waals surface area contributed by atoms with Crippen molar-refractivity contribution in [2.45, 2.75) is 77.2 Å². The lowest BCUT2D eigenvalue weighted by Crippen LogP contribution is -2.48. The van der Waals surface area contributed by atoms with E-state index in [0.717, 1.165) is 23.1 Å². The summed E-state index contributed by atoms with van der Waals surface area (Å²) in [5.74, 6) is 0.530. The van der Waals surface area contributed by atoms with Gasteiger partial charge in [-0.05, 0) is 63.4 Å². The van der Waals surface area contributed by atoms with Gasteiger partial charge in [0.15, 0.2) is 11.6 Å². The maximum Gasteiger partial charge on any atom is 0.306 e. The summed E-state index contributed by atoms with van der Waals surface area (Å²) in [4.78, 5) is 33.8. The second-order valence-electron chi connectivity index (χ2n) is 10.8. The smallest absolute Gasteiger partial charge is 0.306 e. The Morgan fingerprint density at radius 1 is 1.18 bits per heavy atom. The van der Waals surface area contributed by atoms with E-state index in [1.54, 1.807) is 0 Å². The van der Waals surface area contributed by atoms with Crippen LogP contribution in [-0.2, 0) is 25.6 Å². The standard InChI is InChI=1S/C30H38N2O6/c1-5-17-32-20-22-9-6-7-10-24(22)26-30(28(32)35,16-15-25(34)38-29(2,3)4)31-27(37-26)21-11-13-23(14-12-21)36-19-8-18-33/h6-7,9-14,26,33H,5,8,15-20H2,1-4H3/t26-,30-/m0/s1. The summed E-state index contributed by atoms with van der Waals surface area (Å²) in [5, 5.41) is 8.98. The second-order valence-corrected chi connectivity index (χ2v) is 10.8. The van der Waals surface area contributed by atoms with E-state index in [0.29, 0.717) is 37.8 Å². The van der Waals surface area contributed by atoms with E-state index in [4.69, 9.17) is 24.3 Å². The number of carbonyl (C=O) groups is 2. The van der Waals surface area contributed by atoms with Gasteiger partial charge < -0.3 is 24.2 Å². The highest BCUT2D eigenvalue weighted by molar-refractivity contribution is 6.01. The lowest BCUT2D eigenvalue weighted by Gasteiger charge is -2.32. The Hall–Kier alpha value is -3.39. The molecule has 2 aliphatic heterocycles. The molecule has 0 saturated carbocycles. The molecule has 0 radical (unpaired) electrons. The van der Waals surface area contributed by atoms with Crippen molar-refractivity contribution in [3.8, 4) is 5.75 Å². The van der Waals surface area contributed by atoms with Crippen LogP contribution in [-0.4, -0.2) is 58.7 Å². The number of aliphatic hydroxyl groups is 1. The molecule has 0 aromatic heterocycles. The average Bonchev–Trinajstić information content (AvgIpc) is 3.24. The minimum Gasteiger partial charge on any atom is -0.494 e. The Morgan fingerprint density at radius 3 is 2.61 bits per heavy atom. The van der Waals surface area contributed by atoms with Gasteiger partial charge in [-0.3, -0.25) is 9.59 Å². The summed E-state index contributed by atoms with van der Waals surface area (Å²) in [6.45, 7) is 9.07. The highest BCUT2D eigenvalue weighted by Gasteiger charge is 2.56. The molecule has 0 saturated heterocycles. The Morgan fingerprint density at radius 2 is 1.92 bits per heavy atom. The zero-order chi connectivity index (χ0) is 27.3. The fraction of sp³-hybridized carbons (Fsp3) is 0.500. The molecule has 0 unspecified atom stereocenters. The zero-order valence-electron chi connectivity index (χ0n) is 22.7. The van der Waals surface area contributed by atoms with Gasteiger partial charge >= 0.3 is 5.97 Å². The highest BCUT2D eigenvalue weighted by atomic mass is 16.6. The number of esters is 1. The molecule has 1 amide bonds. The number of rotatable bonds is 10. The van der Waals surface area contributed by atoms with Gasteiger partial charge in [-0.25, -0.2) is 4.99 Å². The molecule has 8 nitrogen and oxygen atoms in total. The summed E-state index contributed by atoms with van der Waals surface area (Å²) in [7, 11) is 0. The number of nitrogens with zero attached hydrogens (tertiary/aromatic N) is 2. The first-order valence-corrected chi connectivity index (χ1v) is 13.4. The first kappa shape index (κ1) is 27.6. The molecule has 204 valence electrons. The Bertz CT molecular complexity index is 1170. The van der Waals surface area contributed by atoms with Crippen LogP contribution in [0.1, 0.15) is 76.2 Å². The number of carbonyl (C=O) groups excluding carboxylic acids is 2. The highest BCUT2D eigenvalue weighted by Crippen LogP contribution is 2.47. The lowest BCUT2D eigenvalue weighted by molar-refractivity contribution is -0.155. The van der Waals surface area contributed by atoms with Crippen molar-refractivity contribution in [3.05, 3.63) is 65.2 Å². The van der Waals surface area contributed by atoms with Gasteiger partial charge in [-0.2, -0.15) is 0 Å². The predicted molar refractivity (Wildman–Crippen MR) is 144 cm³/mol. The molecule has 38 heavy (non-hydrogen) atoms. The number of ether oxygens (including phenoxy) is 3. The molecule has 2 aliphatic rings. The van der Waals surface area contributed by atoms with E-state index in [1.807, 2.05) is 81.1 Å². The van der Waals surface area contributed by atoms with Crippen molar-refractivity contribution >= 4 is 17.8 Å². The number of amides is 1. The fourth-order valence-corrected chi connectivity index (χ4v) is 4.95. The van der Waals surface area contributed by atoms with Crippen LogP contribution in [0, 0.1) is 0 Å². The molecule has 4 rings (SSSR count). The van der Waals surface area contributed by atoms with Crippen molar-refractivity contribution in [2.75, 3.05) is 19.8 Å². The zero-order valence-corrected chi connectivity index (χ0v) is 22.7. The van der Waals surface area contributed by atoms with Crippen LogP contribution in [0.3, 0.4) is 0 Å². The number of hydrogen-bond acceptors (Lipinski definition) is 7. The van der Waals surface area contributed by atoms with Gasteiger partial charge in [0.05, 0.1) is 6.61 Å². The Balaban J connectivity index is 1.73. The van der Waals surface area contributed by atoms with E-state index in [2.05, 4.69) is 0 Å². The Labute approximate surface area is 224 Å². The third-order valence-electron chi connectivity index (χ3n) is 6.62. The monoisotopic (exact) mass is 522 g/mol. The maximum atomic E-state index is 14.2. The normalized spacial score (nSPS) is 20.7. The summed E-state index contributed by atoms with van der Waals surface area (Å²) >= 11 is 0. The van der Waals surface area contributed by atoms with E-state index >= 15 is 0 Å². The van der Waals surface area contributed by atoms with Crippen LogP contribution in [0.2, 0.25) is 0 Å². The average molecular weight is 523 g/mol. The molecule has 2 heterocycles. The van der Waals surface area contributed by atoms with Crippen molar-refractivity contribution in [2.24, 2.45) is 4.99 Å². The third kappa shape index (κ3) is 6.01. The van der Waals surface area contributed by atoms with Gasteiger partial charge in [-0.15, -0.1) is 0 Å². The van der Waals surface area contributed by atoms with Gasteiger partial charge in [0.25, 0.3) is 5.91 Å². The molecule has 8 heteroatoms. The lowest BCUT2D eigenvalue weighted by atomic mass is 9.83. The van der Waals surface area contributed by atoms with E-state index in [1.165, 1.54) is 0 Å². The molecular weight excluding hydrogens is 484 g/mol. The van der Waals surface area contributed by atoms with Crippen molar-refractivity contribution < 1.29 is 28.9 Å². The van der Waals surface area contributed by atoms with Crippen molar-refractivity contribution in [1.82, 2.24) is 4.90 Å². The topological polar surface area (TPSA) is 97.7 Å². The van der Waals surface area contributed by atoms with Crippen LogP contribution in [0.4, 0.5) is 0 Å². The molecule has 0 spiro atoms. The molecule has 2 aromatic carbocycles. The quantitative estimate of drug-likeness (QED) is 0.362. The SMILES string of the molecule is CCCN1Cc2ccccc2[C@@H]2OC(c3ccc(OCCCO)cc3)=N[C@]2(CCC(=O)OC(C)(C)C)C1=O. The second kappa shape index (κ2) is 11.6. The molecule has 0 aliphatic carbocycles. The van der Waals surface area contributed by atoms with Gasteiger partial charge in [0, 0.05) is 43.7 Å². The van der Waals surface area contributed by atoms with Crippen LogP contribution < -0.4 is 4.74 Å². The van der Waals surface area contributed by atoms with E-state index in [-0.39, 0.29) is 31.3 Å². The number of fused-ring (bicyclic) bond motifs is 3. The number of aliphatic hydroxyl groups excluding tert-OH is 1. The number of aliphatic imine (C=N–C) groups is 1. The predicted octanol–water partition coefficient (Wildman–Crippen LogP) is 4.58. The Kier molecular flexibility index (Phi) is 8.41. The molecular formula is C30H38N2O6. The maximum absolute atomic E-state index is 14.2. The van der Waals surface area contributed by atoms with Crippen LogP contribution in [0.5, 0.6) is 5.75 Å². The van der Waals surface area contributed by atoms with Gasteiger partial charge in [0.2, 0.25) is 5.90 Å². The molecule has 1 N–H and O–H groups in total. The minimum atomic E-state index is -1.29. The van der Waals surface area contributed by atoms with Crippen molar-refractivity contribution in [3.63, 3.8) is 0 Å². The third-order valence-corrected chi connectivity index (χ3v) is 6.62. The molecule has 0 fully saturated rings. The van der Waals surface area contributed by atoms with E-state index in [9.17, 15) is 9.59 Å². The summed E-state index contributed by atoms with van der Waals surface area (Å²) in [6.07, 6.45) is 0.905.